The first kappa shape index (κ1) is 26.3. The van der Waals surface area contributed by atoms with E-state index in [1.54, 1.807) is 25.7 Å². The predicted octanol–water partition coefficient (Wildman–Crippen LogP) is 11.2. The molecule has 0 spiro atoms. The molecule has 2 fully saturated rings. The molecule has 0 atom stereocenters. The summed E-state index contributed by atoms with van der Waals surface area (Å²) in [6, 6.07) is 0. The molecular weight excluding hydrogens is 360 g/mol. The first-order valence-corrected chi connectivity index (χ1v) is 15.0. The Kier molecular flexibility index (Phi) is 17.2. The summed E-state index contributed by atoms with van der Waals surface area (Å²) in [4.78, 5) is 0. The molecule has 0 saturated heterocycles. The number of hydrogen-bond donors (Lipinski definition) is 0. The molecule has 0 aromatic rings. The Morgan fingerprint density at radius 2 is 0.300 bits per heavy atom. The van der Waals surface area contributed by atoms with Gasteiger partial charge in [-0.15, -0.1) is 0 Å². The van der Waals surface area contributed by atoms with E-state index in [-0.39, 0.29) is 0 Å². The summed E-state index contributed by atoms with van der Waals surface area (Å²) in [6.07, 6.45) is 42.5. The van der Waals surface area contributed by atoms with Gasteiger partial charge in [-0.05, 0) is 11.8 Å². The third-order valence-corrected chi connectivity index (χ3v) is 8.47. The van der Waals surface area contributed by atoms with Crippen molar-refractivity contribution in [1.29, 1.82) is 0 Å². The van der Waals surface area contributed by atoms with Gasteiger partial charge < -0.3 is 0 Å². The van der Waals surface area contributed by atoms with Gasteiger partial charge in [0, 0.05) is 0 Å². The molecule has 0 nitrogen and oxygen atoms in total. The SMILES string of the molecule is C1CCCCCCCC(C2CCCCCCCCCCCCC2)CCCCCCC1. The summed E-state index contributed by atoms with van der Waals surface area (Å²) < 4.78 is 0. The second-order valence-electron chi connectivity index (χ2n) is 11.2. The van der Waals surface area contributed by atoms with Crippen molar-refractivity contribution in [3.63, 3.8) is 0 Å². The lowest BCUT2D eigenvalue weighted by atomic mass is 9.78. The molecule has 0 bridgehead atoms. The minimum atomic E-state index is 1.06. The van der Waals surface area contributed by atoms with Crippen molar-refractivity contribution in [2.75, 3.05) is 0 Å². The molecule has 2 aliphatic carbocycles. The van der Waals surface area contributed by atoms with Gasteiger partial charge in [0.2, 0.25) is 0 Å². The summed E-state index contributed by atoms with van der Waals surface area (Å²) in [5, 5.41) is 0. The fourth-order valence-electron chi connectivity index (χ4n) is 6.39. The van der Waals surface area contributed by atoms with E-state index in [0.717, 1.165) is 11.8 Å². The van der Waals surface area contributed by atoms with Crippen molar-refractivity contribution in [3.05, 3.63) is 0 Å². The highest BCUT2D eigenvalue weighted by atomic mass is 14.3. The second kappa shape index (κ2) is 19.7. The van der Waals surface area contributed by atoms with E-state index in [2.05, 4.69) is 0 Å². The molecule has 30 heavy (non-hydrogen) atoms. The number of hydrogen-bond acceptors (Lipinski definition) is 0. The topological polar surface area (TPSA) is 0 Å². The van der Waals surface area contributed by atoms with Crippen LogP contribution in [0.15, 0.2) is 0 Å². The highest BCUT2D eigenvalue weighted by Gasteiger charge is 2.20. The zero-order valence-electron chi connectivity index (χ0n) is 21.0. The van der Waals surface area contributed by atoms with Crippen LogP contribution in [0, 0.1) is 11.8 Å². The van der Waals surface area contributed by atoms with E-state index in [4.69, 9.17) is 0 Å². The zero-order valence-corrected chi connectivity index (χ0v) is 21.0. The molecule has 178 valence electrons. The van der Waals surface area contributed by atoms with Crippen LogP contribution in [0.3, 0.4) is 0 Å². The van der Waals surface area contributed by atoms with Gasteiger partial charge in [0.25, 0.3) is 0 Å². The molecule has 0 aliphatic heterocycles. The van der Waals surface area contributed by atoms with E-state index >= 15 is 0 Å². The number of rotatable bonds is 1. The van der Waals surface area contributed by atoms with Crippen LogP contribution < -0.4 is 0 Å². The second-order valence-corrected chi connectivity index (χ2v) is 11.2. The lowest BCUT2D eigenvalue weighted by molar-refractivity contribution is 0.235. The van der Waals surface area contributed by atoms with Crippen molar-refractivity contribution in [2.45, 2.75) is 180 Å². The first-order valence-electron chi connectivity index (χ1n) is 15.0. The average Bonchev–Trinajstić information content (AvgIpc) is 2.75. The van der Waals surface area contributed by atoms with Gasteiger partial charge in [-0.2, -0.15) is 0 Å². The van der Waals surface area contributed by atoms with Gasteiger partial charge >= 0.3 is 0 Å². The third kappa shape index (κ3) is 14.1. The maximum atomic E-state index is 1.56. The molecule has 2 saturated carbocycles. The van der Waals surface area contributed by atoms with Crippen LogP contribution >= 0.6 is 0 Å². The summed E-state index contributed by atoms with van der Waals surface area (Å²) in [5.74, 6) is 2.12. The Morgan fingerprint density at radius 3 is 0.467 bits per heavy atom. The van der Waals surface area contributed by atoms with Crippen LogP contribution in [0.1, 0.15) is 180 Å². The van der Waals surface area contributed by atoms with E-state index in [9.17, 15) is 0 Å². The van der Waals surface area contributed by atoms with Crippen molar-refractivity contribution in [3.8, 4) is 0 Å². The van der Waals surface area contributed by atoms with Crippen molar-refractivity contribution < 1.29 is 0 Å². The van der Waals surface area contributed by atoms with E-state index in [1.165, 1.54) is 154 Å². The lowest BCUT2D eigenvalue weighted by Crippen LogP contribution is -2.16. The van der Waals surface area contributed by atoms with E-state index < -0.39 is 0 Å². The monoisotopic (exact) mass is 418 g/mol. The smallest absolute Gasteiger partial charge is 0.0386 e. The standard InChI is InChI=1S/C30H58/c1-2-5-9-13-17-21-25-29(26-22-18-14-10-6-3-1)30-27-23-19-15-11-7-4-8-12-16-20-24-28-30/h29-30H,1-28H2. The van der Waals surface area contributed by atoms with Crippen LogP contribution in [-0.2, 0) is 0 Å². The lowest BCUT2D eigenvalue weighted by Gasteiger charge is -2.28. The van der Waals surface area contributed by atoms with Gasteiger partial charge in [0.05, 0.1) is 0 Å². The molecule has 0 heterocycles. The summed E-state index contributed by atoms with van der Waals surface area (Å²) in [7, 11) is 0. The Labute approximate surface area is 191 Å². The fourth-order valence-corrected chi connectivity index (χ4v) is 6.39. The Morgan fingerprint density at radius 1 is 0.167 bits per heavy atom. The van der Waals surface area contributed by atoms with Crippen LogP contribution in [0.4, 0.5) is 0 Å². The molecule has 2 rings (SSSR count). The van der Waals surface area contributed by atoms with E-state index in [0.29, 0.717) is 0 Å². The van der Waals surface area contributed by atoms with Crippen LogP contribution in [0.2, 0.25) is 0 Å². The Hall–Kier alpha value is 0. The van der Waals surface area contributed by atoms with Crippen molar-refractivity contribution in [2.24, 2.45) is 11.8 Å². The van der Waals surface area contributed by atoms with Crippen molar-refractivity contribution >= 4 is 0 Å². The maximum Gasteiger partial charge on any atom is -0.0386 e. The van der Waals surface area contributed by atoms with Gasteiger partial charge in [0.1, 0.15) is 0 Å². The highest BCUT2D eigenvalue weighted by molar-refractivity contribution is 4.72. The molecule has 0 heteroatoms. The van der Waals surface area contributed by atoms with Crippen LogP contribution in [0.5, 0.6) is 0 Å². The van der Waals surface area contributed by atoms with Gasteiger partial charge in [-0.25, -0.2) is 0 Å². The quantitative estimate of drug-likeness (QED) is 0.397. The molecule has 2 aliphatic rings. The predicted molar refractivity (Wildman–Crippen MR) is 136 cm³/mol. The summed E-state index contributed by atoms with van der Waals surface area (Å²) in [6.45, 7) is 0. The fraction of sp³-hybridized carbons (Fsp3) is 1.00. The van der Waals surface area contributed by atoms with Crippen LogP contribution in [-0.4, -0.2) is 0 Å². The zero-order chi connectivity index (χ0) is 21.0. The Balaban J connectivity index is 1.82. The molecule has 0 amide bonds. The minimum Gasteiger partial charge on any atom is -0.0533 e. The van der Waals surface area contributed by atoms with Gasteiger partial charge in [-0.3, -0.25) is 0 Å². The average molecular weight is 419 g/mol. The van der Waals surface area contributed by atoms with Gasteiger partial charge in [0.15, 0.2) is 0 Å². The third-order valence-electron chi connectivity index (χ3n) is 8.47. The molecule has 0 unspecified atom stereocenters. The van der Waals surface area contributed by atoms with Gasteiger partial charge in [-0.1, -0.05) is 180 Å². The normalized spacial score (nSPS) is 26.0. The minimum absolute atomic E-state index is 1.06. The first-order chi connectivity index (χ1) is 15.0. The maximum absolute atomic E-state index is 1.56. The largest absolute Gasteiger partial charge is 0.0533 e. The molecule has 0 aromatic carbocycles. The Bertz CT molecular complexity index is 316. The molecular formula is C30H58. The molecule has 0 aromatic heterocycles. The summed E-state index contributed by atoms with van der Waals surface area (Å²) >= 11 is 0. The van der Waals surface area contributed by atoms with E-state index in [1.807, 2.05) is 0 Å². The van der Waals surface area contributed by atoms with Crippen molar-refractivity contribution in [1.82, 2.24) is 0 Å². The summed E-state index contributed by atoms with van der Waals surface area (Å²) in [5.41, 5.74) is 0. The molecule has 0 N–H and O–H groups in total. The molecule has 0 radical (unpaired) electrons. The highest BCUT2D eigenvalue weighted by Crippen LogP contribution is 2.34. The van der Waals surface area contributed by atoms with Crippen LogP contribution in [0.25, 0.3) is 0 Å².